The lowest BCUT2D eigenvalue weighted by molar-refractivity contribution is -0.144. The number of likely N-dealkylation sites (tertiary alicyclic amines) is 1. The van der Waals surface area contributed by atoms with Crippen molar-refractivity contribution >= 4 is 62.6 Å². The summed E-state index contributed by atoms with van der Waals surface area (Å²) in [6.45, 7) is 15.8. The van der Waals surface area contributed by atoms with Crippen LogP contribution in [0.2, 0.25) is 0 Å². The van der Waals surface area contributed by atoms with Crippen molar-refractivity contribution in [2.24, 2.45) is 17.3 Å². The summed E-state index contributed by atoms with van der Waals surface area (Å²) in [5.74, 6) is -4.15. The van der Waals surface area contributed by atoms with E-state index in [4.69, 9.17) is 23.2 Å². The number of nitrogens with zero attached hydrogens (tertiary/aromatic N) is 1. The van der Waals surface area contributed by atoms with Crippen molar-refractivity contribution in [3.63, 3.8) is 0 Å². The van der Waals surface area contributed by atoms with Crippen LogP contribution in [0, 0.1) is 17.3 Å². The maximum atomic E-state index is 14.4. The molecule has 12 nitrogen and oxygen atoms in total. The third kappa shape index (κ3) is 9.49. The molecule has 4 N–H and O–H groups in total. The average molecular weight is 749 g/mol. The quantitative estimate of drug-likeness (QED) is 0.119. The van der Waals surface area contributed by atoms with Crippen LogP contribution in [0.15, 0.2) is 12.7 Å². The van der Waals surface area contributed by atoms with Gasteiger partial charge in [0.2, 0.25) is 17.6 Å². The Balaban J connectivity index is 1.86. The predicted octanol–water partition coefficient (Wildman–Crippen LogP) is 3.79. The Hall–Kier alpha value is -2.38. The smallest absolute Gasteiger partial charge is 0.315 e. The van der Waals surface area contributed by atoms with Crippen LogP contribution in [0.25, 0.3) is 0 Å². The molecular formula is C34H55Cl2N5O7S. The number of hydrogen-bond acceptors (Lipinski definition) is 7. The zero-order valence-electron chi connectivity index (χ0n) is 29.9. The Bertz CT molecular complexity index is 1400. The number of carbonyl (C=O) groups excluding carboxylic acids is 5. The summed E-state index contributed by atoms with van der Waals surface area (Å²) in [6.07, 6.45) is 6.32. The zero-order chi connectivity index (χ0) is 37.2. The van der Waals surface area contributed by atoms with E-state index >= 15 is 0 Å². The number of fused-ring (bicyclic) bond motifs is 1. The number of Topliss-reactive ketones (excluding diaryl/α,β-unsaturated/α-hetero) is 1. The Morgan fingerprint density at radius 1 is 1.00 bits per heavy atom. The molecule has 0 bridgehead atoms. The van der Waals surface area contributed by atoms with Crippen molar-refractivity contribution in [1.82, 2.24) is 26.2 Å². The maximum Gasteiger partial charge on any atom is 0.315 e. The number of amides is 5. The molecule has 3 unspecified atom stereocenters. The number of rotatable bonds is 14. The Morgan fingerprint density at radius 3 is 2.14 bits per heavy atom. The van der Waals surface area contributed by atoms with Gasteiger partial charge in [0, 0.05) is 24.9 Å². The highest BCUT2D eigenvalue weighted by Gasteiger charge is 2.74. The molecule has 5 atom stereocenters. The first-order valence-corrected chi connectivity index (χ1v) is 19.7. The van der Waals surface area contributed by atoms with Gasteiger partial charge in [-0.1, -0.05) is 65.9 Å². The third-order valence-corrected chi connectivity index (χ3v) is 13.8. The number of piperidine rings is 1. The van der Waals surface area contributed by atoms with Gasteiger partial charge in [-0.25, -0.2) is 13.2 Å². The second-order valence-electron chi connectivity index (χ2n) is 15.9. The van der Waals surface area contributed by atoms with E-state index in [0.29, 0.717) is 25.7 Å². The highest BCUT2D eigenvalue weighted by molar-refractivity contribution is 7.92. The van der Waals surface area contributed by atoms with Gasteiger partial charge < -0.3 is 26.2 Å². The standard InChI is InChI=1S/C34H55Cl2N5O7S/c1-9-11-15-22(25(42)28(44)37-18-10-2)38-27(43)24-23-21(34(23,35)36)19-41(24)29(45)26(31(3,4)5)39-30(46)40-33(16-13-12-14-17-33)20-49(47,48)32(6,7)8/h10,21-24,26H,2,9,11-20H2,1,3-8H3,(H,37,44)(H,38,43)(H2,39,40,46)/t21?,22?,23?,24-,26+/m0/s1. The molecule has 0 aromatic heterocycles. The largest absolute Gasteiger partial charge is 0.346 e. The van der Waals surface area contributed by atoms with Gasteiger partial charge in [-0.15, -0.1) is 29.8 Å². The second-order valence-corrected chi connectivity index (χ2v) is 20.1. The number of urea groups is 1. The van der Waals surface area contributed by atoms with Gasteiger partial charge in [0.1, 0.15) is 16.4 Å². The number of hydrogen-bond donors (Lipinski definition) is 4. The number of carbonyl (C=O) groups is 5. The minimum absolute atomic E-state index is 0.0472. The van der Waals surface area contributed by atoms with E-state index in [1.54, 1.807) is 41.5 Å². The Labute approximate surface area is 301 Å². The molecule has 1 aliphatic heterocycles. The van der Waals surface area contributed by atoms with Crippen molar-refractivity contribution in [3.8, 4) is 0 Å². The summed E-state index contributed by atoms with van der Waals surface area (Å²) in [5, 5.41) is 10.9. The molecule has 1 heterocycles. The van der Waals surface area contributed by atoms with Crippen LogP contribution in [-0.2, 0) is 29.0 Å². The van der Waals surface area contributed by atoms with Gasteiger partial charge in [-0.3, -0.25) is 19.2 Å². The Kier molecular flexibility index (Phi) is 13.0. The molecule has 3 aliphatic rings. The molecule has 2 aliphatic carbocycles. The Morgan fingerprint density at radius 2 is 1.61 bits per heavy atom. The molecule has 278 valence electrons. The molecule has 3 fully saturated rings. The highest BCUT2D eigenvalue weighted by Crippen LogP contribution is 2.65. The lowest BCUT2D eigenvalue weighted by Crippen LogP contribution is -2.64. The number of ketones is 1. The van der Waals surface area contributed by atoms with Crippen LogP contribution in [0.4, 0.5) is 4.79 Å². The van der Waals surface area contributed by atoms with Crippen LogP contribution < -0.4 is 21.3 Å². The van der Waals surface area contributed by atoms with Crippen LogP contribution in [0.5, 0.6) is 0 Å². The van der Waals surface area contributed by atoms with E-state index in [1.807, 2.05) is 6.92 Å². The van der Waals surface area contributed by atoms with E-state index in [1.165, 1.54) is 11.0 Å². The molecule has 15 heteroatoms. The van der Waals surface area contributed by atoms with Crippen molar-refractivity contribution in [2.45, 2.75) is 133 Å². The highest BCUT2D eigenvalue weighted by atomic mass is 35.5. The van der Waals surface area contributed by atoms with E-state index < -0.39 is 89.4 Å². The molecule has 3 rings (SSSR count). The first-order chi connectivity index (χ1) is 22.5. The van der Waals surface area contributed by atoms with Crippen molar-refractivity contribution in [1.29, 1.82) is 0 Å². The second kappa shape index (κ2) is 15.5. The molecular weight excluding hydrogens is 693 g/mol. The lowest BCUT2D eigenvalue weighted by Gasteiger charge is -2.41. The first-order valence-electron chi connectivity index (χ1n) is 17.3. The average Bonchev–Trinajstić information content (AvgIpc) is 3.30. The molecule has 49 heavy (non-hydrogen) atoms. The van der Waals surface area contributed by atoms with Crippen molar-refractivity contribution in [3.05, 3.63) is 12.7 Å². The van der Waals surface area contributed by atoms with Gasteiger partial charge in [0.25, 0.3) is 5.91 Å². The maximum absolute atomic E-state index is 14.4. The summed E-state index contributed by atoms with van der Waals surface area (Å²) >= 11 is 13.1. The molecule has 2 saturated carbocycles. The summed E-state index contributed by atoms with van der Waals surface area (Å²) < 4.78 is 24.3. The summed E-state index contributed by atoms with van der Waals surface area (Å²) in [4.78, 5) is 68.9. The fourth-order valence-electron chi connectivity index (χ4n) is 6.81. The van der Waals surface area contributed by atoms with E-state index in [2.05, 4.69) is 27.8 Å². The van der Waals surface area contributed by atoms with Crippen molar-refractivity contribution in [2.75, 3.05) is 18.8 Å². The minimum atomic E-state index is -3.59. The van der Waals surface area contributed by atoms with Gasteiger partial charge in [-0.05, 0) is 45.4 Å². The van der Waals surface area contributed by atoms with Gasteiger partial charge in [-0.2, -0.15) is 0 Å². The van der Waals surface area contributed by atoms with E-state index in [0.717, 1.165) is 19.3 Å². The fraction of sp³-hybridized carbons (Fsp3) is 0.794. The van der Waals surface area contributed by atoms with Crippen LogP contribution in [0.1, 0.15) is 99.8 Å². The number of halogens is 2. The predicted molar refractivity (Wildman–Crippen MR) is 191 cm³/mol. The number of alkyl halides is 2. The number of nitrogens with one attached hydrogen (secondary N) is 4. The van der Waals surface area contributed by atoms with Crippen LogP contribution in [0.3, 0.4) is 0 Å². The first kappa shape index (κ1) is 41.0. The van der Waals surface area contributed by atoms with Gasteiger partial charge >= 0.3 is 6.03 Å². The fourth-order valence-corrected chi connectivity index (χ4v) is 9.16. The van der Waals surface area contributed by atoms with Gasteiger partial charge in [0.15, 0.2) is 9.84 Å². The van der Waals surface area contributed by atoms with Crippen LogP contribution in [-0.4, -0.2) is 94.4 Å². The zero-order valence-corrected chi connectivity index (χ0v) is 32.2. The van der Waals surface area contributed by atoms with E-state index in [-0.39, 0.29) is 25.3 Å². The SMILES string of the molecule is C=CCNC(=O)C(=O)C(CCCC)NC(=O)[C@@H]1C2C(CN1C(=O)[C@@H](NC(=O)NC1(CS(=O)(=O)C(C)(C)C)CCCCC1)C(C)(C)C)C2(Cl)Cl. The minimum Gasteiger partial charge on any atom is -0.346 e. The number of sulfone groups is 1. The van der Waals surface area contributed by atoms with Gasteiger partial charge in [0.05, 0.1) is 22.1 Å². The molecule has 0 aromatic rings. The summed E-state index contributed by atoms with van der Waals surface area (Å²) in [7, 11) is -3.59. The molecule has 1 saturated heterocycles. The molecule has 0 aromatic carbocycles. The number of unbranched alkanes of at least 4 members (excludes halogenated alkanes) is 1. The van der Waals surface area contributed by atoms with Crippen molar-refractivity contribution < 1.29 is 32.4 Å². The summed E-state index contributed by atoms with van der Waals surface area (Å²) in [6, 6.07) is -4.09. The lowest BCUT2D eigenvalue weighted by atomic mass is 9.83. The topological polar surface area (TPSA) is 171 Å². The normalized spacial score (nSPS) is 24.1. The van der Waals surface area contributed by atoms with Crippen LogP contribution >= 0.6 is 23.2 Å². The van der Waals surface area contributed by atoms with E-state index in [9.17, 15) is 32.4 Å². The molecule has 0 spiro atoms. The third-order valence-electron chi connectivity index (χ3n) is 9.97. The molecule has 0 radical (unpaired) electrons. The molecule has 5 amide bonds. The summed E-state index contributed by atoms with van der Waals surface area (Å²) in [5.41, 5.74) is -1.83. The monoisotopic (exact) mass is 747 g/mol.